The van der Waals surface area contributed by atoms with Crippen LogP contribution in [0.25, 0.3) is 11.3 Å². The highest BCUT2D eigenvalue weighted by Crippen LogP contribution is 2.54. The normalized spacial score (nSPS) is 27.3. The first kappa shape index (κ1) is 25.4. The number of carbonyl (C=O) groups is 1. The summed E-state index contributed by atoms with van der Waals surface area (Å²) in [6, 6.07) is 3.07. The largest absolute Gasteiger partial charge is 0.435 e. The lowest BCUT2D eigenvalue weighted by Gasteiger charge is -2.54. The molecule has 0 spiro atoms. The maximum absolute atomic E-state index is 14.9. The molecule has 2 heterocycles. The fourth-order valence-corrected chi connectivity index (χ4v) is 7.97. The number of nitrogens with zero attached hydrogens (tertiary/aromatic N) is 2. The second-order valence-corrected chi connectivity index (χ2v) is 12.6. The third kappa shape index (κ3) is 4.83. The van der Waals surface area contributed by atoms with Gasteiger partial charge in [0.2, 0.25) is 5.91 Å². The molecule has 1 amide bonds. The standard InChI is InChI=1S/C24H30F3N3O5S/c1-24(11-36(33,34)12-24)28-22(32)13-5-7-15-19(9-13)30(18-3-2-4-20(18)31)29-21(15)16-10-14(35-23(26)27)6-8-17(16)25/h6,8,10,13,18,20,23,31,33-34H,2-5,7,9,11-12H2,1H3,(H,28,32)/t13?,18-,20+/m1/s1. The monoisotopic (exact) mass is 529 g/mol. The van der Waals surface area contributed by atoms with Gasteiger partial charge in [0.1, 0.15) is 11.6 Å². The van der Waals surface area contributed by atoms with Gasteiger partial charge in [0.15, 0.2) is 0 Å². The van der Waals surface area contributed by atoms with E-state index >= 15 is 0 Å². The number of fused-ring (bicyclic) bond motifs is 1. The lowest BCUT2D eigenvalue weighted by Crippen LogP contribution is -2.62. The number of amides is 1. The molecule has 0 bridgehead atoms. The summed E-state index contributed by atoms with van der Waals surface area (Å²) in [4.78, 5) is 13.1. The van der Waals surface area contributed by atoms with E-state index in [4.69, 9.17) is 0 Å². The molecule has 36 heavy (non-hydrogen) atoms. The van der Waals surface area contributed by atoms with Crippen molar-refractivity contribution in [2.75, 3.05) is 11.5 Å². The Morgan fingerprint density at radius 1 is 1.28 bits per heavy atom. The van der Waals surface area contributed by atoms with E-state index in [9.17, 15) is 32.2 Å². The van der Waals surface area contributed by atoms with Crippen LogP contribution in [0.3, 0.4) is 0 Å². The Morgan fingerprint density at radius 2 is 2.03 bits per heavy atom. The number of rotatable bonds is 6. The zero-order valence-corrected chi connectivity index (χ0v) is 20.6. The molecule has 2 aliphatic carbocycles. The van der Waals surface area contributed by atoms with Crippen LogP contribution in [0.1, 0.15) is 49.9 Å². The molecule has 3 atom stereocenters. The fraction of sp³-hybridized carbons (Fsp3) is 0.583. The van der Waals surface area contributed by atoms with Gasteiger partial charge in [-0.3, -0.25) is 18.6 Å². The van der Waals surface area contributed by atoms with Crippen LogP contribution >= 0.6 is 10.6 Å². The van der Waals surface area contributed by atoms with Gasteiger partial charge >= 0.3 is 6.61 Å². The van der Waals surface area contributed by atoms with Gasteiger partial charge in [0.05, 0.1) is 34.9 Å². The Labute approximate surface area is 208 Å². The van der Waals surface area contributed by atoms with Crippen molar-refractivity contribution in [3.63, 3.8) is 0 Å². The van der Waals surface area contributed by atoms with Crippen molar-refractivity contribution >= 4 is 16.5 Å². The van der Waals surface area contributed by atoms with Gasteiger partial charge in [-0.05, 0) is 57.2 Å². The predicted molar refractivity (Wildman–Crippen MR) is 128 cm³/mol. The number of halogens is 3. The van der Waals surface area contributed by atoms with Gasteiger partial charge < -0.3 is 15.2 Å². The summed E-state index contributed by atoms with van der Waals surface area (Å²) >= 11 is 0. The van der Waals surface area contributed by atoms with E-state index in [1.54, 1.807) is 11.6 Å². The number of aromatic nitrogens is 2. The number of ether oxygens (including phenoxy) is 1. The van der Waals surface area contributed by atoms with Crippen LogP contribution in [0.15, 0.2) is 18.2 Å². The Balaban J connectivity index is 1.47. The van der Waals surface area contributed by atoms with Crippen molar-refractivity contribution in [3.05, 3.63) is 35.3 Å². The Bertz CT molecular complexity index is 1170. The first-order chi connectivity index (χ1) is 16.9. The molecule has 0 radical (unpaired) electrons. The first-order valence-electron chi connectivity index (χ1n) is 12.0. The second-order valence-electron chi connectivity index (χ2n) is 10.4. The maximum atomic E-state index is 14.9. The van der Waals surface area contributed by atoms with Crippen molar-refractivity contribution in [3.8, 4) is 17.0 Å². The smallest absolute Gasteiger partial charge is 0.387 e. The Kier molecular flexibility index (Phi) is 6.51. The zero-order valence-electron chi connectivity index (χ0n) is 19.8. The molecule has 3 aliphatic rings. The van der Waals surface area contributed by atoms with Gasteiger partial charge in [-0.2, -0.15) is 24.5 Å². The summed E-state index contributed by atoms with van der Waals surface area (Å²) in [5.74, 6) is -1.17. The second kappa shape index (κ2) is 9.23. The van der Waals surface area contributed by atoms with Crippen LogP contribution in [-0.4, -0.2) is 59.7 Å². The van der Waals surface area contributed by atoms with Crippen molar-refractivity contribution in [1.82, 2.24) is 15.1 Å². The summed E-state index contributed by atoms with van der Waals surface area (Å²) in [5.41, 5.74) is 1.13. The van der Waals surface area contributed by atoms with E-state index in [0.29, 0.717) is 37.8 Å². The van der Waals surface area contributed by atoms with E-state index in [1.807, 2.05) is 0 Å². The van der Waals surface area contributed by atoms with Crippen molar-refractivity contribution in [2.45, 2.75) is 69.7 Å². The lowest BCUT2D eigenvalue weighted by molar-refractivity contribution is -0.126. The number of hydrogen-bond acceptors (Lipinski definition) is 6. The minimum Gasteiger partial charge on any atom is -0.435 e. The van der Waals surface area contributed by atoms with Crippen LogP contribution in [-0.2, 0) is 17.6 Å². The Hall–Kier alpha value is -2.28. The number of alkyl halides is 2. The van der Waals surface area contributed by atoms with Crippen LogP contribution in [0.2, 0.25) is 0 Å². The van der Waals surface area contributed by atoms with Crippen molar-refractivity contribution in [2.24, 2.45) is 5.92 Å². The number of hydrogen-bond donors (Lipinski definition) is 4. The number of benzene rings is 1. The van der Waals surface area contributed by atoms with Crippen LogP contribution in [0.4, 0.5) is 13.2 Å². The average molecular weight is 530 g/mol. The highest BCUT2D eigenvalue weighted by atomic mass is 32.3. The third-order valence-electron chi connectivity index (χ3n) is 7.37. The molecule has 8 nitrogen and oxygen atoms in total. The lowest BCUT2D eigenvalue weighted by atomic mass is 9.84. The third-order valence-corrected chi connectivity index (χ3v) is 9.57. The van der Waals surface area contributed by atoms with E-state index in [0.717, 1.165) is 29.8 Å². The maximum Gasteiger partial charge on any atom is 0.387 e. The molecule has 1 unspecified atom stereocenters. The highest BCUT2D eigenvalue weighted by molar-refractivity contribution is 8.25. The highest BCUT2D eigenvalue weighted by Gasteiger charge is 2.47. The zero-order chi connectivity index (χ0) is 25.8. The quantitative estimate of drug-likeness (QED) is 0.447. The molecule has 4 N–H and O–H groups in total. The number of nitrogens with one attached hydrogen (secondary N) is 1. The summed E-state index contributed by atoms with van der Waals surface area (Å²) in [5, 5.41) is 18.2. The molecule has 5 rings (SSSR count). The van der Waals surface area contributed by atoms with E-state index in [-0.39, 0.29) is 34.8 Å². The fourth-order valence-electron chi connectivity index (χ4n) is 5.87. The van der Waals surface area contributed by atoms with E-state index in [2.05, 4.69) is 15.2 Å². The predicted octanol–water partition coefficient (Wildman–Crippen LogP) is 4.12. The molecule has 2 aromatic rings. The summed E-state index contributed by atoms with van der Waals surface area (Å²) in [7, 11) is -2.63. The molecule has 12 heteroatoms. The van der Waals surface area contributed by atoms with E-state index < -0.39 is 40.6 Å². The van der Waals surface area contributed by atoms with Gasteiger partial charge in [-0.15, -0.1) is 0 Å². The summed E-state index contributed by atoms with van der Waals surface area (Å²) in [6.45, 7) is -1.27. The van der Waals surface area contributed by atoms with Crippen LogP contribution in [0.5, 0.6) is 5.75 Å². The molecule has 1 aliphatic heterocycles. The van der Waals surface area contributed by atoms with Crippen LogP contribution < -0.4 is 10.1 Å². The van der Waals surface area contributed by atoms with Gasteiger partial charge in [-0.25, -0.2) is 4.39 Å². The van der Waals surface area contributed by atoms with Crippen LogP contribution in [0, 0.1) is 11.7 Å². The molecule has 2 fully saturated rings. The molecule has 1 saturated carbocycles. The topological polar surface area (TPSA) is 117 Å². The van der Waals surface area contributed by atoms with Gasteiger partial charge in [-0.1, -0.05) is 0 Å². The minimum atomic E-state index is -3.05. The van der Waals surface area contributed by atoms with Gasteiger partial charge in [0.25, 0.3) is 0 Å². The Morgan fingerprint density at radius 3 is 2.67 bits per heavy atom. The summed E-state index contributed by atoms with van der Waals surface area (Å²) in [6.07, 6.45) is 2.65. The van der Waals surface area contributed by atoms with Gasteiger partial charge in [0, 0.05) is 29.2 Å². The number of carbonyl (C=O) groups excluding carboxylic acids is 1. The number of aliphatic hydroxyl groups is 1. The average Bonchev–Trinajstić information content (AvgIpc) is 3.35. The van der Waals surface area contributed by atoms with E-state index in [1.165, 1.54) is 6.07 Å². The minimum absolute atomic E-state index is 0.0331. The molecular formula is C24H30F3N3O5S. The molecular weight excluding hydrogens is 499 g/mol. The van der Waals surface area contributed by atoms with Crippen molar-refractivity contribution in [1.29, 1.82) is 0 Å². The first-order valence-corrected chi connectivity index (χ1v) is 13.9. The SMILES string of the molecule is CC1(NC(=O)C2CCc3c(-c4cc(OC(F)F)ccc4F)nn([C@@H]4CCC[C@@H]4O)c3C2)CS(O)(O)C1. The number of aliphatic hydroxyl groups excluding tert-OH is 1. The molecule has 1 saturated heterocycles. The summed E-state index contributed by atoms with van der Waals surface area (Å²) < 4.78 is 66.1. The molecule has 1 aromatic heterocycles. The molecule has 198 valence electrons. The molecule has 1 aromatic carbocycles. The van der Waals surface area contributed by atoms with Crippen molar-refractivity contribution < 1.29 is 36.9 Å².